The van der Waals surface area contributed by atoms with Gasteiger partial charge in [-0.15, -0.1) is 11.1 Å². The Morgan fingerprint density at radius 3 is 2.07 bits per heavy atom. The van der Waals surface area contributed by atoms with Gasteiger partial charge in [0.2, 0.25) is 0 Å². The van der Waals surface area contributed by atoms with Gasteiger partial charge >= 0.3 is 0 Å². The van der Waals surface area contributed by atoms with Gasteiger partial charge in [-0.1, -0.05) is 44.2 Å². The standard InChI is InChI=1S/C11H18ClNSi/c1-4-13(5-2)14(3,12)11-9-7-6-8-10-11/h6-10H,4-5H2,1-3H3. The van der Waals surface area contributed by atoms with E-state index in [1.165, 1.54) is 5.19 Å². The van der Waals surface area contributed by atoms with Crippen molar-refractivity contribution in [3.63, 3.8) is 0 Å². The molecule has 0 aromatic heterocycles. The molecule has 0 saturated heterocycles. The molecule has 0 heterocycles. The smallest absolute Gasteiger partial charge is 0.257 e. The second-order valence-electron chi connectivity index (χ2n) is 3.49. The van der Waals surface area contributed by atoms with Gasteiger partial charge in [-0.2, -0.15) is 0 Å². The topological polar surface area (TPSA) is 3.24 Å². The maximum absolute atomic E-state index is 6.69. The van der Waals surface area contributed by atoms with Crippen LogP contribution in [-0.2, 0) is 0 Å². The van der Waals surface area contributed by atoms with Crippen molar-refractivity contribution in [3.05, 3.63) is 30.3 Å². The molecule has 1 atom stereocenters. The second kappa shape index (κ2) is 4.96. The van der Waals surface area contributed by atoms with E-state index in [2.05, 4.69) is 49.2 Å². The monoisotopic (exact) mass is 227 g/mol. The average molecular weight is 228 g/mol. The highest BCUT2D eigenvalue weighted by molar-refractivity contribution is 7.25. The van der Waals surface area contributed by atoms with Crippen molar-refractivity contribution in [3.8, 4) is 0 Å². The first-order valence-electron chi connectivity index (χ1n) is 5.12. The predicted molar refractivity (Wildman–Crippen MR) is 66.5 cm³/mol. The third kappa shape index (κ3) is 2.38. The zero-order valence-corrected chi connectivity index (χ0v) is 10.9. The number of halogens is 1. The normalized spacial score (nSPS) is 15.5. The molecular formula is C11H18ClNSi. The van der Waals surface area contributed by atoms with Crippen LogP contribution < -0.4 is 5.19 Å². The zero-order valence-electron chi connectivity index (χ0n) is 9.13. The van der Waals surface area contributed by atoms with E-state index in [1.807, 2.05) is 6.07 Å². The van der Waals surface area contributed by atoms with E-state index in [1.54, 1.807) is 0 Å². The lowest BCUT2D eigenvalue weighted by Crippen LogP contribution is -2.55. The summed E-state index contributed by atoms with van der Waals surface area (Å²) in [5.74, 6) is 0. The van der Waals surface area contributed by atoms with Crippen molar-refractivity contribution >= 4 is 23.8 Å². The molecule has 0 amide bonds. The molecule has 1 aromatic rings. The molecule has 1 nitrogen and oxygen atoms in total. The lowest BCUT2D eigenvalue weighted by Gasteiger charge is -2.32. The molecule has 0 radical (unpaired) electrons. The molecule has 3 heteroatoms. The highest BCUT2D eigenvalue weighted by atomic mass is 35.6. The van der Waals surface area contributed by atoms with E-state index in [0.29, 0.717) is 0 Å². The molecule has 0 N–H and O–H groups in total. The Morgan fingerprint density at radius 2 is 1.64 bits per heavy atom. The second-order valence-corrected chi connectivity index (χ2v) is 8.82. The van der Waals surface area contributed by atoms with E-state index < -0.39 is 7.55 Å². The summed E-state index contributed by atoms with van der Waals surface area (Å²) in [5.41, 5.74) is 0. The van der Waals surface area contributed by atoms with Crippen LogP contribution in [0.2, 0.25) is 6.55 Å². The van der Waals surface area contributed by atoms with Gasteiger partial charge in [0.15, 0.2) is 0 Å². The third-order valence-corrected chi connectivity index (χ3v) is 7.24. The molecule has 0 bridgehead atoms. The highest BCUT2D eigenvalue weighted by Crippen LogP contribution is 2.14. The summed E-state index contributed by atoms with van der Waals surface area (Å²) in [6.45, 7) is 8.58. The van der Waals surface area contributed by atoms with Crippen LogP contribution in [-0.4, -0.2) is 25.2 Å². The van der Waals surface area contributed by atoms with Gasteiger partial charge in [0.1, 0.15) is 0 Å². The Balaban J connectivity index is 2.94. The minimum Gasteiger partial charge on any atom is -0.309 e. The Bertz CT molecular complexity index is 270. The number of nitrogens with zero attached hydrogens (tertiary/aromatic N) is 1. The molecule has 0 aliphatic carbocycles. The lowest BCUT2D eigenvalue weighted by atomic mass is 10.4. The molecule has 0 spiro atoms. The Hall–Kier alpha value is -0.313. The summed E-state index contributed by atoms with van der Waals surface area (Å²) in [6, 6.07) is 10.4. The zero-order chi connectivity index (χ0) is 10.6. The van der Waals surface area contributed by atoms with Crippen molar-refractivity contribution in [1.29, 1.82) is 0 Å². The predicted octanol–water partition coefficient (Wildman–Crippen LogP) is 2.55. The van der Waals surface area contributed by atoms with Crippen LogP contribution in [0.25, 0.3) is 0 Å². The number of rotatable bonds is 4. The fourth-order valence-electron chi connectivity index (χ4n) is 1.74. The van der Waals surface area contributed by atoms with Crippen molar-refractivity contribution in [2.24, 2.45) is 0 Å². The van der Waals surface area contributed by atoms with Crippen molar-refractivity contribution < 1.29 is 0 Å². The number of benzene rings is 1. The molecule has 14 heavy (non-hydrogen) atoms. The van der Waals surface area contributed by atoms with Crippen LogP contribution >= 0.6 is 11.1 Å². The fourth-order valence-corrected chi connectivity index (χ4v) is 5.19. The summed E-state index contributed by atoms with van der Waals surface area (Å²) >= 11 is 6.69. The quantitative estimate of drug-likeness (QED) is 0.565. The van der Waals surface area contributed by atoms with E-state index >= 15 is 0 Å². The summed E-state index contributed by atoms with van der Waals surface area (Å²) in [5, 5.41) is 1.30. The van der Waals surface area contributed by atoms with Gasteiger partial charge in [-0.25, -0.2) is 0 Å². The molecule has 0 saturated carbocycles. The molecule has 1 aromatic carbocycles. The maximum Gasteiger partial charge on any atom is 0.257 e. The first-order chi connectivity index (χ1) is 6.62. The number of hydrogen-bond donors (Lipinski definition) is 0. The van der Waals surface area contributed by atoms with Gasteiger partial charge < -0.3 is 4.57 Å². The molecule has 78 valence electrons. The third-order valence-electron chi connectivity index (χ3n) is 2.66. The average Bonchev–Trinajstić information content (AvgIpc) is 2.20. The lowest BCUT2D eigenvalue weighted by molar-refractivity contribution is 0.482. The van der Waals surface area contributed by atoms with E-state index in [4.69, 9.17) is 11.1 Å². The van der Waals surface area contributed by atoms with Crippen molar-refractivity contribution in [2.45, 2.75) is 20.4 Å². The number of hydrogen-bond acceptors (Lipinski definition) is 1. The molecule has 0 aliphatic rings. The fraction of sp³-hybridized carbons (Fsp3) is 0.455. The molecular weight excluding hydrogens is 210 g/mol. The van der Waals surface area contributed by atoms with Crippen molar-refractivity contribution in [1.82, 2.24) is 4.57 Å². The minimum absolute atomic E-state index is 1.03. The van der Waals surface area contributed by atoms with Crippen LogP contribution in [0.1, 0.15) is 13.8 Å². The molecule has 1 unspecified atom stereocenters. The molecule has 1 rings (SSSR count). The SMILES string of the molecule is CCN(CC)[Si](C)(Cl)c1ccccc1. The summed E-state index contributed by atoms with van der Waals surface area (Å²) in [4.78, 5) is 0. The maximum atomic E-state index is 6.69. The highest BCUT2D eigenvalue weighted by Gasteiger charge is 2.32. The Labute approximate surface area is 92.5 Å². The van der Waals surface area contributed by atoms with Crippen LogP contribution in [0.15, 0.2) is 30.3 Å². The molecule has 0 aliphatic heterocycles. The van der Waals surface area contributed by atoms with Gasteiger partial charge in [0.25, 0.3) is 7.55 Å². The van der Waals surface area contributed by atoms with Crippen LogP contribution in [0.3, 0.4) is 0 Å². The Kier molecular flexibility index (Phi) is 4.17. The van der Waals surface area contributed by atoms with Crippen LogP contribution in [0, 0.1) is 0 Å². The first-order valence-corrected chi connectivity index (χ1v) is 8.58. The first kappa shape index (κ1) is 11.8. The van der Waals surface area contributed by atoms with Gasteiger partial charge in [0, 0.05) is 0 Å². The van der Waals surface area contributed by atoms with Gasteiger partial charge in [-0.05, 0) is 24.8 Å². The van der Waals surface area contributed by atoms with Crippen LogP contribution in [0.4, 0.5) is 0 Å². The summed E-state index contributed by atoms with van der Waals surface area (Å²) in [6.07, 6.45) is 0. The summed E-state index contributed by atoms with van der Waals surface area (Å²) in [7, 11) is -1.90. The molecule has 0 fully saturated rings. The van der Waals surface area contributed by atoms with E-state index in [9.17, 15) is 0 Å². The minimum atomic E-state index is -1.90. The largest absolute Gasteiger partial charge is 0.309 e. The Morgan fingerprint density at radius 1 is 1.14 bits per heavy atom. The van der Waals surface area contributed by atoms with E-state index in [-0.39, 0.29) is 0 Å². The van der Waals surface area contributed by atoms with Gasteiger partial charge in [0.05, 0.1) is 0 Å². The van der Waals surface area contributed by atoms with Crippen molar-refractivity contribution in [2.75, 3.05) is 13.1 Å². The summed E-state index contributed by atoms with van der Waals surface area (Å²) < 4.78 is 2.38. The van der Waals surface area contributed by atoms with Crippen LogP contribution in [0.5, 0.6) is 0 Å². The van der Waals surface area contributed by atoms with Gasteiger partial charge in [-0.3, -0.25) is 0 Å². The van der Waals surface area contributed by atoms with E-state index in [0.717, 1.165) is 13.1 Å².